The van der Waals surface area contributed by atoms with E-state index in [1.807, 2.05) is 13.8 Å². The van der Waals surface area contributed by atoms with Crippen molar-refractivity contribution in [2.45, 2.75) is 19.4 Å². The van der Waals surface area contributed by atoms with Gasteiger partial charge in [0.1, 0.15) is 4.47 Å². The van der Waals surface area contributed by atoms with Crippen LogP contribution in [0.4, 0.5) is 5.69 Å². The first-order valence-corrected chi connectivity index (χ1v) is 5.37. The number of nitrogens with two attached hydrogens (primary N) is 1. The Morgan fingerprint density at radius 3 is 2.80 bits per heavy atom. The highest BCUT2D eigenvalue weighted by Gasteiger charge is 2.17. The van der Waals surface area contributed by atoms with Crippen LogP contribution < -0.4 is 16.6 Å². The molecular formula is C9H15BrN4O. The van der Waals surface area contributed by atoms with Gasteiger partial charge in [0.25, 0.3) is 5.56 Å². The fourth-order valence-electron chi connectivity index (χ4n) is 1.01. The molecule has 0 saturated carbocycles. The molecule has 0 aromatic carbocycles. The van der Waals surface area contributed by atoms with Crippen LogP contribution in [-0.2, 0) is 7.05 Å². The molecule has 1 rings (SSSR count). The van der Waals surface area contributed by atoms with Gasteiger partial charge >= 0.3 is 0 Å². The van der Waals surface area contributed by atoms with Crippen molar-refractivity contribution in [3.05, 3.63) is 21.0 Å². The maximum Gasteiger partial charge on any atom is 0.282 e. The van der Waals surface area contributed by atoms with Gasteiger partial charge in [0.2, 0.25) is 0 Å². The maximum absolute atomic E-state index is 11.5. The highest BCUT2D eigenvalue weighted by Crippen LogP contribution is 2.19. The van der Waals surface area contributed by atoms with Gasteiger partial charge in [0.05, 0.1) is 11.9 Å². The molecule has 1 aromatic rings. The first kappa shape index (κ1) is 12.2. The molecule has 6 heteroatoms. The topological polar surface area (TPSA) is 72.9 Å². The van der Waals surface area contributed by atoms with E-state index in [9.17, 15) is 4.79 Å². The van der Waals surface area contributed by atoms with Gasteiger partial charge in [0.15, 0.2) is 0 Å². The standard InChI is InChI=1S/C9H15BrN4O/c1-9(2,5-11)13-6-4-12-14(3)8(15)7(6)10/h4,13H,5,11H2,1-3H3. The van der Waals surface area contributed by atoms with Gasteiger partial charge in [-0.3, -0.25) is 4.79 Å². The minimum atomic E-state index is -0.267. The molecular weight excluding hydrogens is 260 g/mol. The van der Waals surface area contributed by atoms with E-state index in [-0.39, 0.29) is 11.1 Å². The average molecular weight is 275 g/mol. The van der Waals surface area contributed by atoms with Crippen molar-refractivity contribution < 1.29 is 0 Å². The van der Waals surface area contributed by atoms with Crippen LogP contribution in [0.2, 0.25) is 0 Å². The quantitative estimate of drug-likeness (QED) is 0.851. The van der Waals surface area contributed by atoms with Gasteiger partial charge in [-0.05, 0) is 29.8 Å². The van der Waals surface area contributed by atoms with Crippen molar-refractivity contribution in [2.75, 3.05) is 11.9 Å². The molecule has 1 aromatic heterocycles. The molecule has 0 fully saturated rings. The van der Waals surface area contributed by atoms with Gasteiger partial charge in [-0.1, -0.05) is 0 Å². The number of anilines is 1. The summed E-state index contributed by atoms with van der Waals surface area (Å²) >= 11 is 3.24. The number of hydrogen-bond donors (Lipinski definition) is 2. The zero-order valence-electron chi connectivity index (χ0n) is 9.04. The summed E-state index contributed by atoms with van der Waals surface area (Å²) in [6.07, 6.45) is 1.60. The summed E-state index contributed by atoms with van der Waals surface area (Å²) in [6, 6.07) is 0. The third-order valence-electron chi connectivity index (χ3n) is 2.06. The first-order chi connectivity index (χ1) is 6.87. The summed E-state index contributed by atoms with van der Waals surface area (Å²) in [5.74, 6) is 0. The van der Waals surface area contributed by atoms with E-state index in [1.54, 1.807) is 13.2 Å². The molecule has 0 aliphatic heterocycles. The summed E-state index contributed by atoms with van der Waals surface area (Å²) in [4.78, 5) is 11.5. The largest absolute Gasteiger partial charge is 0.377 e. The van der Waals surface area contributed by atoms with Crippen LogP contribution in [0.15, 0.2) is 15.5 Å². The van der Waals surface area contributed by atoms with Gasteiger partial charge in [-0.2, -0.15) is 5.10 Å². The molecule has 0 amide bonds. The van der Waals surface area contributed by atoms with Gasteiger partial charge in [0, 0.05) is 19.1 Å². The molecule has 5 nitrogen and oxygen atoms in total. The number of nitrogens with one attached hydrogen (secondary N) is 1. The minimum Gasteiger partial charge on any atom is -0.377 e. The summed E-state index contributed by atoms with van der Waals surface area (Å²) in [6.45, 7) is 4.38. The number of aryl methyl sites for hydroxylation is 1. The third-order valence-corrected chi connectivity index (χ3v) is 2.83. The van der Waals surface area contributed by atoms with Gasteiger partial charge in [-0.25, -0.2) is 4.68 Å². The lowest BCUT2D eigenvalue weighted by Gasteiger charge is -2.25. The average Bonchev–Trinajstić information content (AvgIpc) is 2.19. The van der Waals surface area contributed by atoms with E-state index in [0.29, 0.717) is 16.7 Å². The van der Waals surface area contributed by atoms with Crippen LogP contribution in [0.1, 0.15) is 13.8 Å². The van der Waals surface area contributed by atoms with E-state index in [1.165, 1.54) is 4.68 Å². The van der Waals surface area contributed by atoms with Crippen molar-refractivity contribution >= 4 is 21.6 Å². The molecule has 0 spiro atoms. The fourth-order valence-corrected chi connectivity index (χ4v) is 1.47. The van der Waals surface area contributed by atoms with Crippen molar-refractivity contribution in [2.24, 2.45) is 12.8 Å². The normalized spacial score (nSPS) is 11.5. The summed E-state index contributed by atoms with van der Waals surface area (Å²) in [7, 11) is 1.60. The first-order valence-electron chi connectivity index (χ1n) is 4.57. The molecule has 0 aliphatic rings. The Labute approximate surface area is 96.8 Å². The maximum atomic E-state index is 11.5. The van der Waals surface area contributed by atoms with Crippen LogP contribution >= 0.6 is 15.9 Å². The van der Waals surface area contributed by atoms with Crippen LogP contribution in [0, 0.1) is 0 Å². The van der Waals surface area contributed by atoms with Crippen LogP contribution in [0.5, 0.6) is 0 Å². The number of nitrogens with zero attached hydrogens (tertiary/aromatic N) is 2. The second-order valence-corrected chi connectivity index (χ2v) is 4.81. The Balaban J connectivity index is 3.08. The lowest BCUT2D eigenvalue weighted by Crippen LogP contribution is -2.40. The van der Waals surface area contributed by atoms with Crippen LogP contribution in [0.25, 0.3) is 0 Å². The molecule has 0 atom stereocenters. The molecule has 0 saturated heterocycles. The highest BCUT2D eigenvalue weighted by molar-refractivity contribution is 9.10. The smallest absolute Gasteiger partial charge is 0.282 e. The second-order valence-electron chi connectivity index (χ2n) is 4.01. The van der Waals surface area contributed by atoms with E-state index in [0.717, 1.165) is 0 Å². The van der Waals surface area contributed by atoms with Crippen LogP contribution in [0.3, 0.4) is 0 Å². The number of aromatic nitrogens is 2. The molecule has 0 unspecified atom stereocenters. The Hall–Kier alpha value is -0.880. The number of rotatable bonds is 3. The predicted octanol–water partition coefficient (Wildman–Crippen LogP) is 0.692. The van der Waals surface area contributed by atoms with Crippen molar-refractivity contribution in [3.8, 4) is 0 Å². The minimum absolute atomic E-state index is 0.173. The molecule has 3 N–H and O–H groups in total. The Morgan fingerprint density at radius 2 is 2.27 bits per heavy atom. The molecule has 0 aliphatic carbocycles. The van der Waals surface area contributed by atoms with E-state index in [4.69, 9.17) is 5.73 Å². The fraction of sp³-hybridized carbons (Fsp3) is 0.556. The molecule has 0 radical (unpaired) electrons. The van der Waals surface area contributed by atoms with E-state index >= 15 is 0 Å². The number of halogens is 1. The van der Waals surface area contributed by atoms with Gasteiger partial charge < -0.3 is 11.1 Å². The van der Waals surface area contributed by atoms with Crippen molar-refractivity contribution in [1.29, 1.82) is 0 Å². The van der Waals surface area contributed by atoms with E-state index in [2.05, 4.69) is 26.3 Å². The third kappa shape index (κ3) is 2.79. The Morgan fingerprint density at radius 1 is 1.67 bits per heavy atom. The van der Waals surface area contributed by atoms with Crippen molar-refractivity contribution in [1.82, 2.24) is 9.78 Å². The SMILES string of the molecule is Cn1ncc(NC(C)(C)CN)c(Br)c1=O. The highest BCUT2D eigenvalue weighted by atomic mass is 79.9. The Kier molecular flexibility index (Phi) is 3.51. The molecule has 15 heavy (non-hydrogen) atoms. The molecule has 0 bridgehead atoms. The van der Waals surface area contributed by atoms with Crippen molar-refractivity contribution in [3.63, 3.8) is 0 Å². The lowest BCUT2D eigenvalue weighted by atomic mass is 10.1. The van der Waals surface area contributed by atoms with Crippen LogP contribution in [-0.4, -0.2) is 21.9 Å². The van der Waals surface area contributed by atoms with E-state index < -0.39 is 0 Å². The van der Waals surface area contributed by atoms with Gasteiger partial charge in [-0.15, -0.1) is 0 Å². The molecule has 1 heterocycles. The zero-order chi connectivity index (χ0) is 11.6. The monoisotopic (exact) mass is 274 g/mol. The summed E-state index contributed by atoms with van der Waals surface area (Å²) in [5.41, 5.74) is 5.81. The predicted molar refractivity (Wildman–Crippen MR) is 63.9 cm³/mol. The molecule has 84 valence electrons. The Bertz CT molecular complexity index is 413. The summed E-state index contributed by atoms with van der Waals surface area (Å²) in [5, 5.41) is 7.09. The number of hydrogen-bond acceptors (Lipinski definition) is 4. The lowest BCUT2D eigenvalue weighted by molar-refractivity contribution is 0.577. The zero-order valence-corrected chi connectivity index (χ0v) is 10.6. The summed E-state index contributed by atoms with van der Waals surface area (Å²) < 4.78 is 1.74. The second kappa shape index (κ2) is 4.32.